The van der Waals surface area contributed by atoms with Crippen LogP contribution >= 0.6 is 0 Å². The summed E-state index contributed by atoms with van der Waals surface area (Å²) in [6.45, 7) is 0. The molecule has 0 aromatic heterocycles. The molecule has 0 saturated heterocycles. The maximum atomic E-state index is 13.0. The van der Waals surface area contributed by atoms with Crippen molar-refractivity contribution in [1.29, 1.82) is 0 Å². The number of alkyl halides is 5. The zero-order valence-electron chi connectivity index (χ0n) is 8.99. The van der Waals surface area contributed by atoms with Crippen LogP contribution in [0.2, 0.25) is 0 Å². The van der Waals surface area contributed by atoms with Crippen LogP contribution in [-0.4, -0.2) is 5.92 Å². The average Bonchev–Trinajstić information content (AvgIpc) is 2.12. The number of hydrogen-bond donors (Lipinski definition) is 1. The van der Waals surface area contributed by atoms with Crippen LogP contribution in [-0.2, 0) is 11.7 Å². The molecule has 1 aliphatic carbocycles. The second kappa shape index (κ2) is 3.63. The summed E-state index contributed by atoms with van der Waals surface area (Å²) < 4.78 is 75.9. The second-order valence-electron chi connectivity index (χ2n) is 4.56. The van der Waals surface area contributed by atoms with Crippen molar-refractivity contribution in [3.63, 3.8) is 0 Å². The molecule has 1 nitrogen and oxygen atoms in total. The third kappa shape index (κ3) is 2.19. The molecule has 0 heterocycles. The molecule has 7 heteroatoms. The lowest BCUT2D eigenvalue weighted by Crippen LogP contribution is -2.55. The zero-order chi connectivity index (χ0) is 13.8. The SMILES string of the molecule is NC1(c2ccc(F)c(C(F)(F)F)c2)CC(F)(F)C1. The second-order valence-corrected chi connectivity index (χ2v) is 4.56. The average molecular weight is 269 g/mol. The molecule has 0 radical (unpaired) electrons. The highest BCUT2D eigenvalue weighted by atomic mass is 19.4. The van der Waals surface area contributed by atoms with E-state index in [0.29, 0.717) is 12.1 Å². The largest absolute Gasteiger partial charge is 0.419 e. The number of benzene rings is 1. The van der Waals surface area contributed by atoms with Crippen molar-refractivity contribution in [2.75, 3.05) is 0 Å². The lowest BCUT2D eigenvalue weighted by atomic mass is 9.69. The topological polar surface area (TPSA) is 26.0 Å². The van der Waals surface area contributed by atoms with Crippen LogP contribution < -0.4 is 5.73 Å². The molecular formula is C11H9F6N. The van der Waals surface area contributed by atoms with Crippen molar-refractivity contribution in [3.05, 3.63) is 35.1 Å². The lowest BCUT2D eigenvalue weighted by Gasteiger charge is -2.45. The highest BCUT2D eigenvalue weighted by Crippen LogP contribution is 2.50. The number of hydrogen-bond acceptors (Lipinski definition) is 1. The first kappa shape index (κ1) is 13.2. The molecule has 100 valence electrons. The van der Waals surface area contributed by atoms with E-state index in [1.165, 1.54) is 0 Å². The van der Waals surface area contributed by atoms with E-state index in [-0.39, 0.29) is 5.56 Å². The van der Waals surface area contributed by atoms with Gasteiger partial charge in [0.2, 0.25) is 0 Å². The van der Waals surface area contributed by atoms with Crippen molar-refractivity contribution in [1.82, 2.24) is 0 Å². The Hall–Kier alpha value is -1.24. The van der Waals surface area contributed by atoms with Crippen molar-refractivity contribution in [2.24, 2.45) is 5.73 Å². The maximum Gasteiger partial charge on any atom is 0.419 e. The van der Waals surface area contributed by atoms with E-state index in [0.717, 1.165) is 6.07 Å². The minimum absolute atomic E-state index is 0.123. The Bertz CT molecular complexity index is 471. The van der Waals surface area contributed by atoms with Gasteiger partial charge in [-0.3, -0.25) is 0 Å². The number of nitrogens with two attached hydrogens (primary N) is 1. The Morgan fingerprint density at radius 2 is 1.67 bits per heavy atom. The quantitative estimate of drug-likeness (QED) is 0.777. The summed E-state index contributed by atoms with van der Waals surface area (Å²) in [6.07, 6.45) is -6.34. The minimum atomic E-state index is -4.87. The molecule has 18 heavy (non-hydrogen) atoms. The summed E-state index contributed by atoms with van der Waals surface area (Å²) in [5.74, 6) is -4.41. The molecule has 1 saturated carbocycles. The van der Waals surface area contributed by atoms with Crippen LogP contribution in [0.1, 0.15) is 24.0 Å². The Morgan fingerprint density at radius 1 is 1.11 bits per heavy atom. The predicted octanol–water partition coefficient (Wildman–Crippen LogP) is 3.43. The molecule has 1 aliphatic rings. The highest BCUT2D eigenvalue weighted by molar-refractivity contribution is 5.34. The minimum Gasteiger partial charge on any atom is -0.321 e. The van der Waals surface area contributed by atoms with Crippen molar-refractivity contribution in [3.8, 4) is 0 Å². The summed E-state index contributed by atoms with van der Waals surface area (Å²) in [6, 6.07) is 2.12. The molecule has 0 bridgehead atoms. The molecule has 1 aromatic rings. The normalized spacial score (nSPS) is 21.5. The van der Waals surface area contributed by atoms with Crippen LogP contribution in [0.4, 0.5) is 26.3 Å². The fraction of sp³-hybridized carbons (Fsp3) is 0.455. The van der Waals surface area contributed by atoms with E-state index in [1.54, 1.807) is 0 Å². The van der Waals surface area contributed by atoms with Gasteiger partial charge in [-0.1, -0.05) is 6.07 Å². The monoisotopic (exact) mass is 269 g/mol. The van der Waals surface area contributed by atoms with Gasteiger partial charge < -0.3 is 5.73 Å². The van der Waals surface area contributed by atoms with E-state index < -0.39 is 41.9 Å². The first-order valence-corrected chi connectivity index (χ1v) is 5.07. The Labute approximate surface area is 98.6 Å². The Morgan fingerprint density at radius 3 is 2.11 bits per heavy atom. The number of halogens is 6. The molecule has 1 aromatic carbocycles. The van der Waals surface area contributed by atoms with Crippen LogP contribution in [0.25, 0.3) is 0 Å². The van der Waals surface area contributed by atoms with Gasteiger partial charge in [0.05, 0.1) is 11.1 Å². The van der Waals surface area contributed by atoms with E-state index in [4.69, 9.17) is 5.73 Å². The van der Waals surface area contributed by atoms with Crippen LogP contribution in [0.15, 0.2) is 18.2 Å². The summed E-state index contributed by atoms with van der Waals surface area (Å²) >= 11 is 0. The van der Waals surface area contributed by atoms with E-state index in [2.05, 4.69) is 0 Å². The summed E-state index contributed by atoms with van der Waals surface area (Å²) in [7, 11) is 0. The third-order valence-electron chi connectivity index (χ3n) is 2.99. The Balaban J connectivity index is 2.37. The standard InChI is InChI=1S/C11H9F6N/c12-8-2-1-6(3-7(8)11(15,16)17)9(18)4-10(13,14)5-9/h1-3H,4-5,18H2. The smallest absolute Gasteiger partial charge is 0.321 e. The van der Waals surface area contributed by atoms with Crippen LogP contribution in [0.3, 0.4) is 0 Å². The van der Waals surface area contributed by atoms with Gasteiger partial charge in [0.25, 0.3) is 5.92 Å². The third-order valence-corrected chi connectivity index (χ3v) is 2.99. The molecular weight excluding hydrogens is 260 g/mol. The molecule has 2 N–H and O–H groups in total. The van der Waals surface area contributed by atoms with Gasteiger partial charge in [0.15, 0.2) is 0 Å². The first-order valence-electron chi connectivity index (χ1n) is 5.07. The van der Waals surface area contributed by atoms with Gasteiger partial charge in [0, 0.05) is 12.8 Å². The summed E-state index contributed by atoms with van der Waals surface area (Å²) in [4.78, 5) is 0. The summed E-state index contributed by atoms with van der Waals surface area (Å²) in [5.41, 5.74) is 2.47. The Kier molecular flexibility index (Phi) is 2.66. The van der Waals surface area contributed by atoms with Crippen LogP contribution in [0.5, 0.6) is 0 Å². The van der Waals surface area contributed by atoms with Gasteiger partial charge in [-0.25, -0.2) is 13.2 Å². The van der Waals surface area contributed by atoms with Crippen molar-refractivity contribution in [2.45, 2.75) is 30.5 Å². The van der Waals surface area contributed by atoms with E-state index in [9.17, 15) is 26.3 Å². The predicted molar refractivity (Wildman–Crippen MR) is 51.4 cm³/mol. The molecule has 0 amide bonds. The maximum absolute atomic E-state index is 13.0. The summed E-state index contributed by atoms with van der Waals surface area (Å²) in [5, 5.41) is 0. The molecule has 0 unspecified atom stereocenters. The van der Waals surface area contributed by atoms with Gasteiger partial charge in [-0.05, 0) is 17.7 Å². The van der Waals surface area contributed by atoms with E-state index in [1.807, 2.05) is 0 Å². The highest BCUT2D eigenvalue weighted by Gasteiger charge is 2.55. The van der Waals surface area contributed by atoms with Crippen LogP contribution in [0, 0.1) is 5.82 Å². The molecule has 0 aliphatic heterocycles. The molecule has 2 rings (SSSR count). The first-order chi connectivity index (χ1) is 8.04. The van der Waals surface area contributed by atoms with Crippen molar-refractivity contribution < 1.29 is 26.3 Å². The lowest BCUT2D eigenvalue weighted by molar-refractivity contribution is -0.140. The fourth-order valence-electron chi connectivity index (χ4n) is 2.13. The van der Waals surface area contributed by atoms with Gasteiger partial charge in [0.1, 0.15) is 5.82 Å². The van der Waals surface area contributed by atoms with Gasteiger partial charge in [-0.2, -0.15) is 13.2 Å². The number of rotatable bonds is 1. The fourth-order valence-corrected chi connectivity index (χ4v) is 2.13. The zero-order valence-corrected chi connectivity index (χ0v) is 8.99. The van der Waals surface area contributed by atoms with Crippen molar-refractivity contribution >= 4 is 0 Å². The molecule has 0 spiro atoms. The van der Waals surface area contributed by atoms with E-state index >= 15 is 0 Å². The molecule has 1 fully saturated rings. The van der Waals surface area contributed by atoms with Gasteiger partial charge in [-0.15, -0.1) is 0 Å². The molecule has 0 atom stereocenters. The van der Waals surface area contributed by atoms with Gasteiger partial charge >= 0.3 is 6.18 Å².